The maximum atomic E-state index is 13.9. The first-order chi connectivity index (χ1) is 22.3. The van der Waals surface area contributed by atoms with E-state index in [2.05, 4.69) is 15.7 Å². The zero-order chi connectivity index (χ0) is 34.1. The molecular formula is C34H40N6O6S. The number of hydrogen-bond donors (Lipinski definition) is 3. The van der Waals surface area contributed by atoms with Crippen LogP contribution >= 0.6 is 0 Å². The first-order valence-electron chi connectivity index (χ1n) is 15.1. The predicted octanol–water partition coefficient (Wildman–Crippen LogP) is 3.32. The Morgan fingerprint density at radius 1 is 0.936 bits per heavy atom. The molecule has 0 saturated carbocycles. The Kier molecular flexibility index (Phi) is 11.5. The van der Waals surface area contributed by atoms with Crippen molar-refractivity contribution in [1.82, 2.24) is 20.4 Å². The third kappa shape index (κ3) is 9.50. The van der Waals surface area contributed by atoms with Gasteiger partial charge in [0.1, 0.15) is 0 Å². The molecule has 4 rings (SSSR count). The van der Waals surface area contributed by atoms with Gasteiger partial charge < -0.3 is 21.1 Å². The number of hydrogen-bond acceptors (Lipinski definition) is 8. The Balaban J connectivity index is 1.63. The van der Waals surface area contributed by atoms with E-state index >= 15 is 0 Å². The molecule has 0 bridgehead atoms. The number of ether oxygens (including phenoxy) is 1. The third-order valence-electron chi connectivity index (χ3n) is 7.62. The van der Waals surface area contributed by atoms with E-state index in [4.69, 9.17) is 10.5 Å². The summed E-state index contributed by atoms with van der Waals surface area (Å²) in [6, 6.07) is 21.5. The van der Waals surface area contributed by atoms with Gasteiger partial charge in [-0.1, -0.05) is 60.7 Å². The van der Waals surface area contributed by atoms with E-state index in [0.717, 1.165) is 21.7 Å². The van der Waals surface area contributed by atoms with Gasteiger partial charge in [-0.15, -0.1) is 0 Å². The molecule has 1 aromatic heterocycles. The molecule has 0 spiro atoms. The highest BCUT2D eigenvalue weighted by Crippen LogP contribution is 2.22. The average Bonchev–Trinajstić information content (AvgIpc) is 3.53. The van der Waals surface area contributed by atoms with Crippen LogP contribution in [0.25, 0.3) is 0 Å². The zero-order valence-electron chi connectivity index (χ0n) is 26.8. The van der Waals surface area contributed by atoms with E-state index in [1.54, 1.807) is 6.92 Å². The highest BCUT2D eigenvalue weighted by molar-refractivity contribution is 7.92. The van der Waals surface area contributed by atoms with Crippen LogP contribution in [0.4, 0.5) is 5.69 Å². The number of nitrogens with one attached hydrogen (secondary N) is 2. The monoisotopic (exact) mass is 660 g/mol. The topological polar surface area (TPSA) is 166 Å². The van der Waals surface area contributed by atoms with Crippen molar-refractivity contribution < 1.29 is 27.5 Å². The van der Waals surface area contributed by atoms with Crippen molar-refractivity contribution in [2.45, 2.75) is 44.9 Å². The molecule has 3 aromatic carbocycles. The van der Waals surface area contributed by atoms with Crippen LogP contribution in [0, 0.1) is 0 Å². The third-order valence-corrected chi connectivity index (χ3v) is 8.83. The summed E-state index contributed by atoms with van der Waals surface area (Å²) in [5, 5.41) is 10.1. The number of anilines is 1. The molecule has 4 aromatic rings. The van der Waals surface area contributed by atoms with Gasteiger partial charge >= 0.3 is 5.97 Å². The second kappa shape index (κ2) is 15.5. The minimum Gasteiger partial charge on any atom is -0.462 e. The van der Waals surface area contributed by atoms with Gasteiger partial charge in [0.05, 0.1) is 48.9 Å². The molecule has 1 heterocycles. The summed E-state index contributed by atoms with van der Waals surface area (Å²) in [6.45, 7) is 3.94. The van der Waals surface area contributed by atoms with Gasteiger partial charge in [0, 0.05) is 30.4 Å². The predicted molar refractivity (Wildman–Crippen MR) is 180 cm³/mol. The van der Waals surface area contributed by atoms with Crippen LogP contribution in [0.5, 0.6) is 0 Å². The van der Waals surface area contributed by atoms with Crippen LogP contribution in [-0.4, -0.2) is 68.0 Å². The molecule has 0 unspecified atom stereocenters. The van der Waals surface area contributed by atoms with Gasteiger partial charge in [0.15, 0.2) is 0 Å². The van der Waals surface area contributed by atoms with Gasteiger partial charge in [-0.3, -0.25) is 18.6 Å². The maximum Gasteiger partial charge on any atom is 0.341 e. The molecule has 0 saturated heterocycles. The molecule has 0 radical (unpaired) electrons. The minimum atomic E-state index is -3.72. The van der Waals surface area contributed by atoms with E-state index in [-0.39, 0.29) is 41.6 Å². The lowest BCUT2D eigenvalue weighted by Gasteiger charge is -2.26. The molecule has 13 heteroatoms. The molecule has 0 aliphatic heterocycles. The molecule has 2 amide bonds. The lowest BCUT2D eigenvalue weighted by atomic mass is 9.98. The Hall–Kier alpha value is -5.01. The number of sulfonamides is 1. The first-order valence-corrected chi connectivity index (χ1v) is 16.9. The van der Waals surface area contributed by atoms with Crippen molar-refractivity contribution in [2.24, 2.45) is 5.73 Å². The minimum absolute atomic E-state index is 0.0736. The Bertz CT molecular complexity index is 1800. The molecule has 0 aliphatic rings. The summed E-state index contributed by atoms with van der Waals surface area (Å²) < 4.78 is 32.5. The summed E-state index contributed by atoms with van der Waals surface area (Å²) >= 11 is 0. The van der Waals surface area contributed by atoms with Crippen LogP contribution < -0.4 is 20.7 Å². The van der Waals surface area contributed by atoms with Crippen molar-refractivity contribution in [2.75, 3.05) is 24.2 Å². The van der Waals surface area contributed by atoms with Crippen molar-refractivity contribution in [1.29, 1.82) is 0 Å². The number of aromatic nitrogens is 2. The van der Waals surface area contributed by atoms with Crippen LogP contribution in [0.3, 0.4) is 0 Å². The van der Waals surface area contributed by atoms with E-state index in [1.165, 1.54) is 42.3 Å². The molecule has 248 valence electrons. The largest absolute Gasteiger partial charge is 0.462 e. The summed E-state index contributed by atoms with van der Waals surface area (Å²) in [7, 11) is -2.37. The van der Waals surface area contributed by atoms with E-state index in [9.17, 15) is 22.8 Å². The average molecular weight is 661 g/mol. The molecule has 4 N–H and O–H groups in total. The molecule has 3 atom stereocenters. The second-order valence-corrected chi connectivity index (χ2v) is 13.2. The van der Waals surface area contributed by atoms with Crippen molar-refractivity contribution >= 4 is 33.5 Å². The zero-order valence-corrected chi connectivity index (χ0v) is 27.6. The smallest absolute Gasteiger partial charge is 0.341 e. The fraction of sp³-hybridized carbons (Fsp3) is 0.294. The first kappa shape index (κ1) is 34.9. The van der Waals surface area contributed by atoms with Gasteiger partial charge in [-0.05, 0) is 49.6 Å². The van der Waals surface area contributed by atoms with Crippen LogP contribution in [-0.2, 0) is 27.7 Å². The van der Waals surface area contributed by atoms with Crippen LogP contribution in [0.1, 0.15) is 62.1 Å². The van der Waals surface area contributed by atoms with Crippen molar-refractivity contribution in [3.05, 3.63) is 119 Å². The van der Waals surface area contributed by atoms with E-state index < -0.39 is 39.9 Å². The summed E-state index contributed by atoms with van der Waals surface area (Å²) in [5.41, 5.74) is 9.05. The number of nitrogens with two attached hydrogens (primary N) is 1. The number of benzene rings is 3. The highest BCUT2D eigenvalue weighted by atomic mass is 32.2. The highest BCUT2D eigenvalue weighted by Gasteiger charge is 2.25. The van der Waals surface area contributed by atoms with Gasteiger partial charge in [-0.25, -0.2) is 13.2 Å². The number of esters is 1. The Morgan fingerprint density at radius 3 is 2.13 bits per heavy atom. The fourth-order valence-corrected chi connectivity index (χ4v) is 5.40. The number of rotatable bonds is 14. The van der Waals surface area contributed by atoms with Crippen molar-refractivity contribution in [3.8, 4) is 0 Å². The van der Waals surface area contributed by atoms with Crippen LogP contribution in [0.15, 0.2) is 91.3 Å². The van der Waals surface area contributed by atoms with Crippen LogP contribution in [0.2, 0.25) is 0 Å². The van der Waals surface area contributed by atoms with E-state index in [0.29, 0.717) is 6.42 Å². The summed E-state index contributed by atoms with van der Waals surface area (Å²) in [6.07, 6.45) is 4.33. The second-order valence-electron chi connectivity index (χ2n) is 11.2. The number of amides is 2. The molecule has 0 fully saturated rings. The van der Waals surface area contributed by atoms with Crippen molar-refractivity contribution in [3.63, 3.8) is 0 Å². The molecule has 12 nitrogen and oxygen atoms in total. The quantitative estimate of drug-likeness (QED) is 0.173. The van der Waals surface area contributed by atoms with Gasteiger partial charge in [-0.2, -0.15) is 5.10 Å². The lowest BCUT2D eigenvalue weighted by molar-refractivity contribution is 0.0526. The van der Waals surface area contributed by atoms with Gasteiger partial charge in [0.25, 0.3) is 11.8 Å². The summed E-state index contributed by atoms with van der Waals surface area (Å²) in [5.74, 6) is -1.53. The Labute approximate surface area is 275 Å². The fourth-order valence-electron chi connectivity index (χ4n) is 4.91. The maximum absolute atomic E-state index is 13.9. The standard InChI is InChI=1S/C34H40N6O6S/c1-5-46-34(43)28-20-36-40(21-28)22-30(35)31(16-24-12-8-6-9-13-24)38-33(42)27-17-26(18-29(19-27)39(3)47(4,44)45)32(41)37-23(2)25-14-10-7-11-15-25/h6-15,17-21,23,30-31H,5,16,22,35H2,1-4H3,(H,37,41)(H,38,42)/t23-,30+,31+/m1/s1. The normalized spacial score (nSPS) is 13.2. The number of nitrogens with zero attached hydrogens (tertiary/aromatic N) is 3. The van der Waals surface area contributed by atoms with Gasteiger partial charge in [0.2, 0.25) is 10.0 Å². The molecular weight excluding hydrogens is 620 g/mol. The summed E-state index contributed by atoms with van der Waals surface area (Å²) in [4.78, 5) is 39.4. The molecule has 0 aliphatic carbocycles. The molecule has 47 heavy (non-hydrogen) atoms. The Morgan fingerprint density at radius 2 is 1.53 bits per heavy atom. The SMILES string of the molecule is CCOC(=O)c1cnn(C[C@H](N)[C@H](Cc2ccccc2)NC(=O)c2cc(C(=O)N[C@H](C)c3ccccc3)cc(N(C)S(C)(=O)=O)c2)c1. The number of carbonyl (C=O) groups is 3. The number of carbonyl (C=O) groups excluding carboxylic acids is 3. The lowest BCUT2D eigenvalue weighted by Crippen LogP contribution is -2.51. The van der Waals surface area contributed by atoms with E-state index in [1.807, 2.05) is 67.6 Å².